The SMILES string of the molecule is Cc1nnc(SCC(=O)Nc2c(C)cnn2Cc2ccccc2Cl)s1. The highest BCUT2D eigenvalue weighted by molar-refractivity contribution is 8.01. The van der Waals surface area contributed by atoms with Crippen LogP contribution in [-0.4, -0.2) is 31.6 Å². The Bertz CT molecular complexity index is 892. The van der Waals surface area contributed by atoms with Crippen molar-refractivity contribution >= 4 is 46.4 Å². The number of hydrogen-bond donors (Lipinski definition) is 1. The number of hydrogen-bond acceptors (Lipinski definition) is 6. The molecule has 0 saturated heterocycles. The highest BCUT2D eigenvalue weighted by Gasteiger charge is 2.13. The van der Waals surface area contributed by atoms with Crippen LogP contribution in [0.25, 0.3) is 0 Å². The third-order valence-electron chi connectivity index (χ3n) is 3.39. The molecule has 0 spiro atoms. The fraction of sp³-hybridized carbons (Fsp3) is 0.250. The van der Waals surface area contributed by atoms with Gasteiger partial charge in [0, 0.05) is 10.6 Å². The van der Waals surface area contributed by atoms with Gasteiger partial charge < -0.3 is 5.32 Å². The second-order valence-corrected chi connectivity index (χ2v) is 8.16. The lowest BCUT2D eigenvalue weighted by molar-refractivity contribution is -0.113. The van der Waals surface area contributed by atoms with E-state index in [1.54, 1.807) is 10.9 Å². The summed E-state index contributed by atoms with van der Waals surface area (Å²) in [5.74, 6) is 0.839. The zero-order valence-corrected chi connectivity index (χ0v) is 16.1. The van der Waals surface area contributed by atoms with Crippen LogP contribution in [0.1, 0.15) is 16.1 Å². The second-order valence-electron chi connectivity index (χ2n) is 5.35. The molecule has 0 unspecified atom stereocenters. The molecule has 2 aromatic heterocycles. The van der Waals surface area contributed by atoms with Gasteiger partial charge in [0.15, 0.2) is 4.34 Å². The van der Waals surface area contributed by atoms with Crippen molar-refractivity contribution in [1.29, 1.82) is 0 Å². The smallest absolute Gasteiger partial charge is 0.235 e. The van der Waals surface area contributed by atoms with Crippen LogP contribution in [0, 0.1) is 13.8 Å². The third kappa shape index (κ3) is 4.59. The minimum absolute atomic E-state index is 0.109. The fourth-order valence-electron chi connectivity index (χ4n) is 2.18. The summed E-state index contributed by atoms with van der Waals surface area (Å²) >= 11 is 9.06. The number of nitrogens with one attached hydrogen (secondary N) is 1. The Kier molecular flexibility index (Phi) is 5.72. The Morgan fingerprint density at radius 1 is 1.32 bits per heavy atom. The fourth-order valence-corrected chi connectivity index (χ4v) is 3.99. The summed E-state index contributed by atoms with van der Waals surface area (Å²) in [4.78, 5) is 12.3. The molecule has 0 aliphatic heterocycles. The molecule has 130 valence electrons. The minimum atomic E-state index is -0.109. The second kappa shape index (κ2) is 7.99. The summed E-state index contributed by atoms with van der Waals surface area (Å²) < 4.78 is 2.53. The number of halogens is 1. The van der Waals surface area contributed by atoms with E-state index in [9.17, 15) is 4.79 Å². The molecule has 9 heteroatoms. The lowest BCUT2D eigenvalue weighted by Gasteiger charge is -2.11. The van der Waals surface area contributed by atoms with Gasteiger partial charge in [0.1, 0.15) is 10.8 Å². The maximum absolute atomic E-state index is 12.3. The first-order valence-electron chi connectivity index (χ1n) is 7.51. The molecule has 0 aliphatic rings. The predicted octanol–water partition coefficient (Wildman–Crippen LogP) is 3.78. The topological polar surface area (TPSA) is 72.7 Å². The molecular weight excluding hydrogens is 378 g/mol. The van der Waals surface area contributed by atoms with E-state index in [0.717, 1.165) is 20.5 Å². The Morgan fingerprint density at radius 2 is 2.12 bits per heavy atom. The summed E-state index contributed by atoms with van der Waals surface area (Å²) in [5, 5.41) is 16.8. The molecule has 3 aromatic rings. The molecular formula is C16H16ClN5OS2. The monoisotopic (exact) mass is 393 g/mol. The van der Waals surface area contributed by atoms with Crippen LogP contribution in [-0.2, 0) is 11.3 Å². The van der Waals surface area contributed by atoms with Gasteiger partial charge in [-0.15, -0.1) is 10.2 Å². The molecule has 1 N–H and O–H groups in total. The number of amides is 1. The van der Waals surface area contributed by atoms with Crippen LogP contribution < -0.4 is 5.32 Å². The molecule has 3 rings (SSSR count). The molecule has 25 heavy (non-hydrogen) atoms. The zero-order chi connectivity index (χ0) is 17.8. The summed E-state index contributed by atoms with van der Waals surface area (Å²) in [7, 11) is 0. The van der Waals surface area contributed by atoms with Crippen molar-refractivity contribution in [3.05, 3.63) is 51.6 Å². The molecule has 1 aromatic carbocycles. The summed E-state index contributed by atoms with van der Waals surface area (Å²) in [6.07, 6.45) is 1.73. The van der Waals surface area contributed by atoms with Crippen molar-refractivity contribution in [2.24, 2.45) is 0 Å². The minimum Gasteiger partial charge on any atom is -0.310 e. The van der Waals surface area contributed by atoms with Crippen molar-refractivity contribution in [2.45, 2.75) is 24.7 Å². The first-order valence-corrected chi connectivity index (χ1v) is 9.69. The van der Waals surface area contributed by atoms with Crippen molar-refractivity contribution in [1.82, 2.24) is 20.0 Å². The molecule has 0 radical (unpaired) electrons. The molecule has 6 nitrogen and oxygen atoms in total. The molecule has 0 atom stereocenters. The van der Waals surface area contributed by atoms with E-state index in [1.807, 2.05) is 38.1 Å². The van der Waals surface area contributed by atoms with E-state index in [0.29, 0.717) is 17.4 Å². The number of aromatic nitrogens is 4. The van der Waals surface area contributed by atoms with Gasteiger partial charge in [-0.3, -0.25) is 4.79 Å². The Labute approximate surface area is 158 Å². The van der Waals surface area contributed by atoms with Crippen LogP contribution in [0.2, 0.25) is 5.02 Å². The van der Waals surface area contributed by atoms with Crippen molar-refractivity contribution in [3.63, 3.8) is 0 Å². The van der Waals surface area contributed by atoms with E-state index in [-0.39, 0.29) is 11.7 Å². The number of carbonyl (C=O) groups excluding carboxylic acids is 1. The van der Waals surface area contributed by atoms with Gasteiger partial charge in [0.2, 0.25) is 5.91 Å². The van der Waals surface area contributed by atoms with Crippen LogP contribution >= 0.6 is 34.7 Å². The Morgan fingerprint density at radius 3 is 2.84 bits per heavy atom. The molecule has 0 fully saturated rings. The number of carbonyl (C=O) groups is 1. The maximum atomic E-state index is 12.3. The molecule has 1 amide bonds. The highest BCUT2D eigenvalue weighted by Crippen LogP contribution is 2.23. The first kappa shape index (κ1) is 17.9. The van der Waals surface area contributed by atoms with Crippen molar-refractivity contribution in [3.8, 4) is 0 Å². The molecule has 0 aliphatic carbocycles. The lowest BCUT2D eigenvalue weighted by Crippen LogP contribution is -2.18. The largest absolute Gasteiger partial charge is 0.310 e. The highest BCUT2D eigenvalue weighted by atomic mass is 35.5. The molecule has 2 heterocycles. The average Bonchev–Trinajstić information content (AvgIpc) is 3.15. The van der Waals surface area contributed by atoms with Gasteiger partial charge in [-0.1, -0.05) is 52.9 Å². The Balaban J connectivity index is 1.67. The van der Waals surface area contributed by atoms with Crippen LogP contribution in [0.5, 0.6) is 0 Å². The third-order valence-corrected chi connectivity index (χ3v) is 5.73. The quantitative estimate of drug-likeness (QED) is 0.645. The lowest BCUT2D eigenvalue weighted by atomic mass is 10.2. The van der Waals surface area contributed by atoms with Gasteiger partial charge >= 0.3 is 0 Å². The van der Waals surface area contributed by atoms with E-state index in [1.165, 1.54) is 23.1 Å². The molecule has 0 bridgehead atoms. The van der Waals surface area contributed by atoms with Gasteiger partial charge in [-0.2, -0.15) is 5.10 Å². The summed E-state index contributed by atoms with van der Waals surface area (Å²) in [6, 6.07) is 7.59. The number of aryl methyl sites for hydroxylation is 2. The number of benzene rings is 1. The van der Waals surface area contributed by atoms with Crippen LogP contribution in [0.3, 0.4) is 0 Å². The van der Waals surface area contributed by atoms with Gasteiger partial charge in [-0.25, -0.2) is 4.68 Å². The van der Waals surface area contributed by atoms with Crippen LogP contribution in [0.4, 0.5) is 5.82 Å². The maximum Gasteiger partial charge on any atom is 0.235 e. The zero-order valence-electron chi connectivity index (χ0n) is 13.7. The number of thioether (sulfide) groups is 1. The summed E-state index contributed by atoms with van der Waals surface area (Å²) in [5.41, 5.74) is 1.85. The Hall–Kier alpha value is -1.90. The number of nitrogens with zero attached hydrogens (tertiary/aromatic N) is 4. The predicted molar refractivity (Wildman–Crippen MR) is 102 cm³/mol. The number of anilines is 1. The molecule has 0 saturated carbocycles. The van der Waals surface area contributed by atoms with E-state index in [4.69, 9.17) is 11.6 Å². The average molecular weight is 394 g/mol. The van der Waals surface area contributed by atoms with Crippen LogP contribution in [0.15, 0.2) is 34.8 Å². The van der Waals surface area contributed by atoms with Gasteiger partial charge in [0.25, 0.3) is 0 Å². The normalized spacial score (nSPS) is 10.8. The summed E-state index contributed by atoms with van der Waals surface area (Å²) in [6.45, 7) is 4.29. The standard InChI is InChI=1S/C16H16ClN5OS2/c1-10-7-18-22(8-12-5-3-4-6-13(12)17)15(10)19-14(23)9-24-16-21-20-11(2)25-16/h3-7H,8-9H2,1-2H3,(H,19,23). The van der Waals surface area contributed by atoms with E-state index in [2.05, 4.69) is 20.6 Å². The number of rotatable bonds is 6. The van der Waals surface area contributed by atoms with E-state index >= 15 is 0 Å². The van der Waals surface area contributed by atoms with Gasteiger partial charge in [-0.05, 0) is 25.5 Å². The van der Waals surface area contributed by atoms with Gasteiger partial charge in [0.05, 0.1) is 18.5 Å². The first-order chi connectivity index (χ1) is 12.0. The van der Waals surface area contributed by atoms with Crippen molar-refractivity contribution in [2.75, 3.05) is 11.1 Å². The van der Waals surface area contributed by atoms with E-state index < -0.39 is 0 Å². The van der Waals surface area contributed by atoms with Crippen molar-refractivity contribution < 1.29 is 4.79 Å².